The topological polar surface area (TPSA) is 176 Å². The van der Waals surface area contributed by atoms with Gasteiger partial charge < -0.3 is 26.6 Å². The third-order valence-corrected chi connectivity index (χ3v) is 7.42. The molecular weight excluding hydrogens is 546 g/mol. The number of benzene rings is 1. The fourth-order valence-electron chi connectivity index (χ4n) is 5.03. The van der Waals surface area contributed by atoms with Crippen LogP contribution in [0.1, 0.15) is 43.0 Å². The number of aromatic nitrogens is 3. The maximum Gasteiger partial charge on any atom is 0.324 e. The number of carbonyl (C=O) groups is 3. The maximum absolute atomic E-state index is 12.5. The van der Waals surface area contributed by atoms with E-state index in [1.807, 2.05) is 18.0 Å². The molecule has 5 N–H and O–H groups in total. The second-order valence-electron chi connectivity index (χ2n) is 10.1. The number of likely N-dealkylation sites (tertiary alicyclic amines) is 1. The monoisotopic (exact) mass is 581 g/mol. The number of nitrogens with two attached hydrogens (primary N) is 2. The molecule has 3 heterocycles. The molecule has 0 saturated carbocycles. The van der Waals surface area contributed by atoms with Gasteiger partial charge in [0.25, 0.3) is 5.91 Å². The number of hydrogen-bond acceptors (Lipinski definition) is 8. The lowest BCUT2D eigenvalue weighted by atomic mass is 9.92. The Morgan fingerprint density at radius 2 is 1.90 bits per heavy atom. The number of fused-ring (bicyclic) bond motifs is 1. The standard InChI is InChI=1S/C28H35N9O3.ClH/c1-18-10-15-36(23(38)9-13-30)17-22(18)35(2)25-21-11-16-37(28(31)40)26(21)34-24(33-25)19-5-7-20(8-6-19)27(39)32-14-4-3-12-29;/h5-8,11,16,18,22H,3-4,9-10,12,14-15,17,29H2,1-2H3,(H2,31,40)(H,32,39);1H/t18-,22+;/m1./s1. The van der Waals surface area contributed by atoms with Gasteiger partial charge in [-0.05, 0) is 49.9 Å². The highest BCUT2D eigenvalue weighted by Crippen LogP contribution is 2.32. The summed E-state index contributed by atoms with van der Waals surface area (Å²) < 4.78 is 1.27. The van der Waals surface area contributed by atoms with Gasteiger partial charge in [-0.25, -0.2) is 14.8 Å². The zero-order valence-electron chi connectivity index (χ0n) is 23.2. The van der Waals surface area contributed by atoms with E-state index >= 15 is 0 Å². The van der Waals surface area contributed by atoms with E-state index in [0.29, 0.717) is 60.0 Å². The lowest BCUT2D eigenvalue weighted by Crippen LogP contribution is -2.52. The van der Waals surface area contributed by atoms with E-state index in [-0.39, 0.29) is 42.6 Å². The van der Waals surface area contributed by atoms with Crippen LogP contribution in [0.3, 0.4) is 0 Å². The molecule has 4 rings (SSSR count). The number of anilines is 1. The normalized spacial score (nSPS) is 16.5. The number of halogens is 1. The predicted molar refractivity (Wildman–Crippen MR) is 159 cm³/mol. The van der Waals surface area contributed by atoms with Crippen molar-refractivity contribution in [2.75, 3.05) is 38.1 Å². The molecule has 1 aliphatic heterocycles. The summed E-state index contributed by atoms with van der Waals surface area (Å²) in [7, 11) is 1.91. The molecule has 1 aliphatic rings. The third kappa shape index (κ3) is 6.93. The lowest BCUT2D eigenvalue weighted by molar-refractivity contribution is -0.131. The van der Waals surface area contributed by atoms with Crippen LogP contribution < -0.4 is 21.7 Å². The predicted octanol–water partition coefficient (Wildman–Crippen LogP) is 2.50. The Balaban J connectivity index is 0.00000462. The molecule has 2 atom stereocenters. The average Bonchev–Trinajstić information content (AvgIpc) is 3.39. The van der Waals surface area contributed by atoms with Crippen molar-refractivity contribution in [3.63, 3.8) is 0 Å². The van der Waals surface area contributed by atoms with E-state index in [2.05, 4.69) is 17.2 Å². The van der Waals surface area contributed by atoms with Crippen molar-refractivity contribution >= 4 is 47.1 Å². The van der Waals surface area contributed by atoms with E-state index in [1.165, 1.54) is 4.57 Å². The summed E-state index contributed by atoms with van der Waals surface area (Å²) in [5, 5.41) is 12.5. The molecule has 3 amide bonds. The van der Waals surface area contributed by atoms with E-state index in [9.17, 15) is 14.4 Å². The number of piperidine rings is 1. The quantitative estimate of drug-likeness (QED) is 0.323. The first-order valence-electron chi connectivity index (χ1n) is 13.4. The summed E-state index contributed by atoms with van der Waals surface area (Å²) in [6.45, 7) is 4.31. The van der Waals surface area contributed by atoms with E-state index in [0.717, 1.165) is 19.3 Å². The maximum atomic E-state index is 12.5. The van der Waals surface area contributed by atoms with Gasteiger partial charge in [-0.1, -0.05) is 19.1 Å². The van der Waals surface area contributed by atoms with Crippen molar-refractivity contribution in [2.45, 2.75) is 38.6 Å². The smallest absolute Gasteiger partial charge is 0.324 e. The van der Waals surface area contributed by atoms with Crippen molar-refractivity contribution in [3.8, 4) is 17.5 Å². The number of carbonyl (C=O) groups excluding carboxylic acids is 3. The molecule has 1 aromatic carbocycles. The number of hydrogen-bond donors (Lipinski definition) is 3. The van der Waals surface area contributed by atoms with Crippen LogP contribution >= 0.6 is 12.4 Å². The van der Waals surface area contributed by atoms with Crippen LogP contribution in [0.2, 0.25) is 0 Å². The second kappa shape index (κ2) is 13.9. The molecule has 218 valence electrons. The van der Waals surface area contributed by atoms with Crippen LogP contribution in [0.25, 0.3) is 22.4 Å². The van der Waals surface area contributed by atoms with E-state index in [1.54, 1.807) is 41.4 Å². The number of nitriles is 1. The summed E-state index contributed by atoms with van der Waals surface area (Å²) in [6, 6.07) is 9.89. The van der Waals surface area contributed by atoms with Gasteiger partial charge in [0.2, 0.25) is 5.91 Å². The molecule has 0 spiro atoms. The first kappa shape index (κ1) is 31.3. The first-order chi connectivity index (χ1) is 19.2. The molecule has 13 heteroatoms. The van der Waals surface area contributed by atoms with Crippen molar-refractivity contribution in [2.24, 2.45) is 17.4 Å². The first-order valence-corrected chi connectivity index (χ1v) is 13.4. The largest absolute Gasteiger partial charge is 0.354 e. The Morgan fingerprint density at radius 3 is 2.56 bits per heavy atom. The van der Waals surface area contributed by atoms with Gasteiger partial charge in [-0.3, -0.25) is 14.2 Å². The number of unbranched alkanes of at least 4 members (excludes halogenated alkanes) is 1. The van der Waals surface area contributed by atoms with Crippen LogP contribution in [-0.4, -0.2) is 76.5 Å². The number of rotatable bonds is 9. The van der Waals surface area contributed by atoms with Gasteiger partial charge in [0, 0.05) is 44.0 Å². The Kier molecular flexibility index (Phi) is 10.6. The van der Waals surface area contributed by atoms with Gasteiger partial charge in [-0.2, -0.15) is 5.26 Å². The SMILES string of the molecule is C[C@@H]1CCN(C(=O)CC#N)C[C@@H]1N(C)c1nc(-c2ccc(C(=O)NCCCCN)cc2)nc2c1ccn2C(N)=O.Cl. The lowest BCUT2D eigenvalue weighted by Gasteiger charge is -2.42. The molecule has 0 bridgehead atoms. The van der Waals surface area contributed by atoms with Crippen LogP contribution in [0.5, 0.6) is 0 Å². The van der Waals surface area contributed by atoms with E-state index in [4.69, 9.17) is 21.7 Å². The Bertz CT molecular complexity index is 1430. The molecule has 41 heavy (non-hydrogen) atoms. The minimum absolute atomic E-state index is 0. The van der Waals surface area contributed by atoms with Crippen molar-refractivity contribution in [3.05, 3.63) is 42.1 Å². The highest BCUT2D eigenvalue weighted by molar-refractivity contribution is 5.96. The minimum atomic E-state index is -0.672. The van der Waals surface area contributed by atoms with Gasteiger partial charge in [0.1, 0.15) is 12.2 Å². The Labute approximate surface area is 245 Å². The molecule has 0 radical (unpaired) electrons. The van der Waals surface area contributed by atoms with Gasteiger partial charge >= 0.3 is 6.03 Å². The Hall–Kier alpha value is -4.21. The number of amides is 3. The molecule has 0 unspecified atom stereocenters. The number of nitrogens with one attached hydrogen (secondary N) is 1. The average molecular weight is 582 g/mol. The number of nitrogens with zero attached hydrogens (tertiary/aromatic N) is 6. The molecule has 2 aromatic heterocycles. The number of primary amides is 1. The summed E-state index contributed by atoms with van der Waals surface area (Å²) >= 11 is 0. The third-order valence-electron chi connectivity index (χ3n) is 7.42. The fourth-order valence-corrected chi connectivity index (χ4v) is 5.03. The highest BCUT2D eigenvalue weighted by atomic mass is 35.5. The fraction of sp³-hybridized carbons (Fsp3) is 0.429. The Morgan fingerprint density at radius 1 is 1.17 bits per heavy atom. The van der Waals surface area contributed by atoms with E-state index < -0.39 is 6.03 Å². The van der Waals surface area contributed by atoms with Crippen molar-refractivity contribution in [1.29, 1.82) is 5.26 Å². The second-order valence-corrected chi connectivity index (χ2v) is 10.1. The molecule has 0 aliphatic carbocycles. The van der Waals surface area contributed by atoms with Gasteiger partial charge in [-0.15, -0.1) is 12.4 Å². The highest BCUT2D eigenvalue weighted by Gasteiger charge is 2.33. The molecule has 3 aromatic rings. The van der Waals surface area contributed by atoms with Gasteiger partial charge in [0.05, 0.1) is 17.5 Å². The van der Waals surface area contributed by atoms with Crippen LogP contribution in [0, 0.1) is 17.2 Å². The van der Waals surface area contributed by atoms with Crippen LogP contribution in [-0.2, 0) is 4.79 Å². The molecule has 12 nitrogen and oxygen atoms in total. The van der Waals surface area contributed by atoms with Crippen LogP contribution in [0.15, 0.2) is 36.5 Å². The minimum Gasteiger partial charge on any atom is -0.354 e. The van der Waals surface area contributed by atoms with Crippen molar-refractivity contribution in [1.82, 2.24) is 24.8 Å². The molecular formula is C28H36ClN9O3. The summed E-state index contributed by atoms with van der Waals surface area (Å²) in [6.07, 6.45) is 3.85. The summed E-state index contributed by atoms with van der Waals surface area (Å²) in [5.41, 5.74) is 12.7. The van der Waals surface area contributed by atoms with Gasteiger partial charge in [0.15, 0.2) is 11.5 Å². The summed E-state index contributed by atoms with van der Waals surface area (Å²) in [4.78, 5) is 50.4. The summed E-state index contributed by atoms with van der Waals surface area (Å²) in [5.74, 6) is 0.833. The molecule has 1 saturated heterocycles. The number of likely N-dealkylation sites (N-methyl/N-ethyl adjacent to an activating group) is 1. The zero-order valence-corrected chi connectivity index (χ0v) is 24.1. The van der Waals surface area contributed by atoms with Crippen molar-refractivity contribution < 1.29 is 14.4 Å². The zero-order chi connectivity index (χ0) is 28.8. The molecule has 1 fully saturated rings. The van der Waals surface area contributed by atoms with Crippen LogP contribution in [0.4, 0.5) is 10.6 Å².